The van der Waals surface area contributed by atoms with Crippen LogP contribution in [-0.4, -0.2) is 20.2 Å². The van der Waals surface area contributed by atoms with Gasteiger partial charge in [0.25, 0.3) is 0 Å². The molecule has 0 aliphatic carbocycles. The highest BCUT2D eigenvalue weighted by Crippen LogP contribution is 2.63. The molecule has 0 saturated carbocycles. The Bertz CT molecular complexity index is 1600. The molecule has 0 saturated heterocycles. The number of carbonyl (C=O) groups is 1. The predicted octanol–water partition coefficient (Wildman–Crippen LogP) is 7.80. The Labute approximate surface area is 247 Å². The monoisotopic (exact) mass is 610 g/mol. The van der Waals surface area contributed by atoms with E-state index in [1.165, 1.54) is 11.8 Å². The summed E-state index contributed by atoms with van der Waals surface area (Å²) in [5.41, 5.74) is -0.535. The molecule has 1 aliphatic heterocycles. The lowest BCUT2D eigenvalue weighted by atomic mass is 9.96. The van der Waals surface area contributed by atoms with Crippen LogP contribution in [0, 0.1) is 0 Å². The summed E-state index contributed by atoms with van der Waals surface area (Å²) in [5.74, 6) is 0.685. The summed E-state index contributed by atoms with van der Waals surface area (Å²) in [4.78, 5) is 15.3. The number of thioether (sulfide) groups is 1. The van der Waals surface area contributed by atoms with Crippen LogP contribution in [0.3, 0.4) is 0 Å². The van der Waals surface area contributed by atoms with Gasteiger partial charge in [0.05, 0.1) is 19.1 Å². The summed E-state index contributed by atoms with van der Waals surface area (Å²) in [5, 5.41) is 1.68. The van der Waals surface area contributed by atoms with E-state index in [1.54, 1.807) is 74.9 Å². The van der Waals surface area contributed by atoms with Crippen LogP contribution in [-0.2, 0) is 19.7 Å². The third-order valence-electron chi connectivity index (χ3n) is 6.72. The molecule has 0 bridgehead atoms. The first-order valence-electron chi connectivity index (χ1n) is 12.3. The number of methoxy groups -OCH3 is 2. The molecule has 0 spiro atoms. The minimum Gasteiger partial charge on any atom is -0.497 e. The van der Waals surface area contributed by atoms with Crippen molar-refractivity contribution in [3.05, 3.63) is 123 Å². The average Bonchev–Trinajstić information content (AvgIpc) is 3.23. The van der Waals surface area contributed by atoms with Gasteiger partial charge in [-0.1, -0.05) is 71.4 Å². The second-order valence-electron chi connectivity index (χ2n) is 9.18. The van der Waals surface area contributed by atoms with Crippen molar-refractivity contribution in [1.82, 2.24) is 0 Å². The lowest BCUT2D eigenvalue weighted by molar-refractivity contribution is -0.145. The maximum atomic E-state index is 15.5. The zero-order valence-corrected chi connectivity index (χ0v) is 25.1. The largest absolute Gasteiger partial charge is 0.497 e. The first-order chi connectivity index (χ1) is 19.2. The number of esters is 1. The van der Waals surface area contributed by atoms with E-state index < -0.39 is 18.7 Å². The fourth-order valence-electron chi connectivity index (χ4n) is 4.63. The summed E-state index contributed by atoms with van der Waals surface area (Å²) in [6, 6.07) is 28.2. The molecule has 0 aromatic heterocycles. The maximum absolute atomic E-state index is 15.5. The van der Waals surface area contributed by atoms with Crippen molar-refractivity contribution in [2.45, 2.75) is 17.4 Å². The summed E-state index contributed by atoms with van der Waals surface area (Å²) in [7, 11) is -0.659. The fourth-order valence-corrected chi connectivity index (χ4v) is 9.58. The van der Waals surface area contributed by atoms with Crippen molar-refractivity contribution >= 4 is 58.7 Å². The highest BCUT2D eigenvalue weighted by atomic mass is 35.5. The van der Waals surface area contributed by atoms with E-state index in [0.717, 1.165) is 4.90 Å². The molecule has 0 radical (unpaired) electrons. The SMILES string of the molecule is COc1ccc(SC2=C(P(=O)(c3cccc(Cl)c3)c3cccc(Cl)c3)C(=O)OC2(C)c2ccc(OC)cc2)cc1. The number of hydrogen-bond donors (Lipinski definition) is 0. The number of benzene rings is 4. The lowest BCUT2D eigenvalue weighted by Crippen LogP contribution is -2.24. The van der Waals surface area contributed by atoms with Crippen LogP contribution in [0.15, 0.2) is 112 Å². The van der Waals surface area contributed by atoms with E-state index in [4.69, 9.17) is 37.4 Å². The second kappa shape index (κ2) is 11.4. The van der Waals surface area contributed by atoms with Gasteiger partial charge in [0.2, 0.25) is 0 Å². The number of halogens is 2. The number of cyclic esters (lactones) is 1. The van der Waals surface area contributed by atoms with Gasteiger partial charge >= 0.3 is 5.97 Å². The first-order valence-corrected chi connectivity index (χ1v) is 15.5. The quantitative estimate of drug-likeness (QED) is 0.150. The Balaban J connectivity index is 1.81. The molecule has 5 rings (SSSR count). The van der Waals surface area contributed by atoms with Crippen LogP contribution < -0.4 is 20.1 Å². The third-order valence-corrected chi connectivity index (χ3v) is 11.7. The molecule has 204 valence electrons. The van der Waals surface area contributed by atoms with Gasteiger partial charge in [-0.05, 0) is 67.6 Å². The molecule has 1 atom stereocenters. The molecular formula is C31H25Cl2O5PS. The number of rotatable bonds is 8. The molecule has 4 aromatic carbocycles. The average molecular weight is 611 g/mol. The molecule has 9 heteroatoms. The molecule has 5 nitrogen and oxygen atoms in total. The van der Waals surface area contributed by atoms with Crippen molar-refractivity contribution < 1.29 is 23.6 Å². The topological polar surface area (TPSA) is 61.8 Å². The van der Waals surface area contributed by atoms with Gasteiger partial charge in [-0.3, -0.25) is 0 Å². The molecular weight excluding hydrogens is 586 g/mol. The van der Waals surface area contributed by atoms with Gasteiger partial charge < -0.3 is 18.8 Å². The van der Waals surface area contributed by atoms with Crippen LogP contribution in [0.2, 0.25) is 10.0 Å². The van der Waals surface area contributed by atoms with Gasteiger partial charge in [0.1, 0.15) is 16.8 Å². The summed E-state index contributed by atoms with van der Waals surface area (Å²) < 4.78 is 32.3. The maximum Gasteiger partial charge on any atom is 0.344 e. The second-order valence-corrected chi connectivity index (χ2v) is 13.8. The standard InChI is InChI=1S/C31H25Cl2O5PS/c1-31(20-10-12-23(36-2)13-11-20)29(40-27-16-14-24(37-3)15-17-27)28(30(34)38-31)39(35,25-8-4-6-21(32)18-25)26-9-5-7-22(33)19-26/h4-19H,1-3H3. The van der Waals surface area contributed by atoms with Crippen molar-refractivity contribution in [3.8, 4) is 11.5 Å². The normalized spacial score (nSPS) is 17.1. The summed E-state index contributed by atoms with van der Waals surface area (Å²) in [6.45, 7) is 1.81. The molecule has 40 heavy (non-hydrogen) atoms. The van der Waals surface area contributed by atoms with E-state index in [-0.39, 0.29) is 5.31 Å². The van der Waals surface area contributed by atoms with Crippen molar-refractivity contribution in [1.29, 1.82) is 0 Å². The summed E-state index contributed by atoms with van der Waals surface area (Å²) in [6.07, 6.45) is 0. The first kappa shape index (κ1) is 28.4. The summed E-state index contributed by atoms with van der Waals surface area (Å²) >= 11 is 14.1. The lowest BCUT2D eigenvalue weighted by Gasteiger charge is -2.27. The predicted molar refractivity (Wildman–Crippen MR) is 162 cm³/mol. The van der Waals surface area contributed by atoms with Crippen LogP contribution in [0.25, 0.3) is 0 Å². The van der Waals surface area contributed by atoms with E-state index in [9.17, 15) is 4.79 Å². The van der Waals surface area contributed by atoms with Crippen molar-refractivity contribution in [2.24, 2.45) is 0 Å². The molecule has 1 aliphatic rings. The van der Waals surface area contributed by atoms with Crippen molar-refractivity contribution in [3.63, 3.8) is 0 Å². The Morgan fingerprint density at radius 3 is 1.75 bits per heavy atom. The van der Waals surface area contributed by atoms with E-state index in [0.29, 0.717) is 42.6 Å². The number of ether oxygens (including phenoxy) is 3. The third kappa shape index (κ3) is 5.17. The van der Waals surface area contributed by atoms with Gasteiger partial charge in [0, 0.05) is 31.1 Å². The number of hydrogen-bond acceptors (Lipinski definition) is 6. The minimum atomic E-state index is -3.84. The van der Waals surface area contributed by atoms with Crippen LogP contribution in [0.4, 0.5) is 0 Å². The highest BCUT2D eigenvalue weighted by Gasteiger charge is 2.53. The Morgan fingerprint density at radius 2 is 1.27 bits per heavy atom. The fraction of sp³-hybridized carbons (Fsp3) is 0.129. The zero-order valence-electron chi connectivity index (χ0n) is 21.9. The molecule has 1 heterocycles. The van der Waals surface area contributed by atoms with Gasteiger partial charge in [-0.2, -0.15) is 0 Å². The molecule has 0 fully saturated rings. The van der Waals surface area contributed by atoms with E-state index >= 15 is 4.57 Å². The van der Waals surface area contributed by atoms with E-state index in [2.05, 4.69) is 0 Å². The smallest absolute Gasteiger partial charge is 0.344 e. The molecule has 0 N–H and O–H groups in total. The van der Waals surface area contributed by atoms with Crippen LogP contribution >= 0.6 is 42.1 Å². The Kier molecular flexibility index (Phi) is 8.08. The molecule has 1 unspecified atom stereocenters. The Morgan fingerprint density at radius 1 is 0.775 bits per heavy atom. The highest BCUT2D eigenvalue weighted by molar-refractivity contribution is 8.04. The molecule has 4 aromatic rings. The Hall–Kier alpha value is -3.15. The number of carbonyl (C=O) groups excluding carboxylic acids is 1. The van der Waals surface area contributed by atoms with Gasteiger partial charge in [-0.25, -0.2) is 4.79 Å². The minimum absolute atomic E-state index is 0.0798. The van der Waals surface area contributed by atoms with Crippen LogP contribution in [0.1, 0.15) is 12.5 Å². The van der Waals surface area contributed by atoms with Gasteiger partial charge in [0.15, 0.2) is 12.7 Å². The van der Waals surface area contributed by atoms with Gasteiger partial charge in [-0.15, -0.1) is 0 Å². The van der Waals surface area contributed by atoms with Crippen LogP contribution in [0.5, 0.6) is 11.5 Å². The van der Waals surface area contributed by atoms with Crippen molar-refractivity contribution in [2.75, 3.05) is 14.2 Å². The molecule has 0 amide bonds. The zero-order chi connectivity index (χ0) is 28.5. The van der Waals surface area contributed by atoms with E-state index in [1.807, 2.05) is 43.3 Å².